The summed E-state index contributed by atoms with van der Waals surface area (Å²) in [4.78, 5) is 28.3. The predicted octanol–water partition coefficient (Wildman–Crippen LogP) is 2.74. The molecule has 6 heteroatoms. The first kappa shape index (κ1) is 17.3. The van der Waals surface area contributed by atoms with Crippen LogP contribution in [0.5, 0.6) is 0 Å². The number of hydrogen-bond acceptors (Lipinski definition) is 3. The molecule has 130 valence electrons. The van der Waals surface area contributed by atoms with Crippen molar-refractivity contribution < 1.29 is 9.59 Å². The number of anilines is 1. The van der Waals surface area contributed by atoms with E-state index in [1.54, 1.807) is 15.9 Å². The van der Waals surface area contributed by atoms with Crippen LogP contribution >= 0.6 is 11.6 Å². The summed E-state index contributed by atoms with van der Waals surface area (Å²) in [7, 11) is 0. The number of halogens is 1. The number of para-hydroxylation sites is 1. The summed E-state index contributed by atoms with van der Waals surface area (Å²) in [6.07, 6.45) is 0. The Labute approximate surface area is 152 Å². The Hall–Kier alpha value is -2.53. The molecule has 2 aromatic rings. The molecular weight excluding hydrogens is 338 g/mol. The predicted molar refractivity (Wildman–Crippen MR) is 98.9 cm³/mol. The van der Waals surface area contributed by atoms with Crippen LogP contribution in [0.1, 0.15) is 10.4 Å². The van der Waals surface area contributed by atoms with Gasteiger partial charge in [-0.15, -0.1) is 0 Å². The normalized spacial score (nSPS) is 14.3. The second-order valence-electron chi connectivity index (χ2n) is 5.87. The lowest BCUT2D eigenvalue weighted by Gasteiger charge is -2.35. The Morgan fingerprint density at radius 1 is 0.880 bits per heavy atom. The minimum absolute atomic E-state index is 0.00623. The van der Waals surface area contributed by atoms with Gasteiger partial charge >= 0.3 is 0 Å². The van der Waals surface area contributed by atoms with Crippen LogP contribution < -0.4 is 5.32 Å². The SMILES string of the molecule is O=C(CNc1ccccc1Cl)N1CCN(C(=O)c2ccccc2)CC1. The molecular formula is C19H20ClN3O2. The van der Waals surface area contributed by atoms with Crippen molar-refractivity contribution in [3.63, 3.8) is 0 Å². The van der Waals surface area contributed by atoms with Gasteiger partial charge in [0.05, 0.1) is 17.3 Å². The fraction of sp³-hybridized carbons (Fsp3) is 0.263. The van der Waals surface area contributed by atoms with Crippen LogP contribution in [0.4, 0.5) is 5.69 Å². The lowest BCUT2D eigenvalue weighted by atomic mass is 10.2. The molecule has 1 heterocycles. The summed E-state index contributed by atoms with van der Waals surface area (Å²) in [5, 5.41) is 3.66. The Bertz CT molecular complexity index is 743. The van der Waals surface area contributed by atoms with Crippen LogP contribution in [0.3, 0.4) is 0 Å². The average Bonchev–Trinajstić information content (AvgIpc) is 2.67. The summed E-state index contributed by atoms with van der Waals surface area (Å²) < 4.78 is 0. The number of nitrogens with zero attached hydrogens (tertiary/aromatic N) is 2. The number of hydrogen-bond donors (Lipinski definition) is 1. The third kappa shape index (κ3) is 4.31. The van der Waals surface area contributed by atoms with E-state index in [2.05, 4.69) is 5.32 Å². The van der Waals surface area contributed by atoms with Gasteiger partial charge in [0, 0.05) is 31.7 Å². The minimum atomic E-state index is 0.00623. The van der Waals surface area contributed by atoms with Crippen LogP contribution in [0.2, 0.25) is 5.02 Å². The molecule has 3 rings (SSSR count). The summed E-state index contributed by atoms with van der Waals surface area (Å²) >= 11 is 6.07. The number of rotatable bonds is 4. The number of carbonyl (C=O) groups excluding carboxylic acids is 2. The number of amides is 2. The molecule has 5 nitrogen and oxygen atoms in total. The van der Waals surface area contributed by atoms with Crippen molar-refractivity contribution in [1.82, 2.24) is 9.80 Å². The van der Waals surface area contributed by atoms with Gasteiger partial charge in [0.1, 0.15) is 0 Å². The summed E-state index contributed by atoms with van der Waals surface area (Å²) in [5.74, 6) is 0.0219. The Morgan fingerprint density at radius 3 is 2.16 bits per heavy atom. The Kier molecular flexibility index (Phi) is 5.56. The maximum atomic E-state index is 12.4. The number of carbonyl (C=O) groups is 2. The van der Waals surface area contributed by atoms with Crippen molar-refractivity contribution >= 4 is 29.1 Å². The average molecular weight is 358 g/mol. The first-order valence-corrected chi connectivity index (χ1v) is 8.63. The molecule has 0 bridgehead atoms. The van der Waals surface area contributed by atoms with Crippen molar-refractivity contribution in [2.75, 3.05) is 38.0 Å². The number of nitrogens with one attached hydrogen (secondary N) is 1. The topological polar surface area (TPSA) is 52.7 Å². The van der Waals surface area contributed by atoms with Gasteiger partial charge < -0.3 is 15.1 Å². The van der Waals surface area contributed by atoms with Crippen molar-refractivity contribution in [3.05, 3.63) is 65.2 Å². The minimum Gasteiger partial charge on any atom is -0.375 e. The largest absolute Gasteiger partial charge is 0.375 e. The smallest absolute Gasteiger partial charge is 0.253 e. The highest BCUT2D eigenvalue weighted by Crippen LogP contribution is 2.20. The third-order valence-corrected chi connectivity index (χ3v) is 4.57. The van der Waals surface area contributed by atoms with E-state index in [4.69, 9.17) is 11.6 Å². The van der Waals surface area contributed by atoms with E-state index < -0.39 is 0 Å². The fourth-order valence-electron chi connectivity index (χ4n) is 2.81. The lowest BCUT2D eigenvalue weighted by molar-refractivity contribution is -0.130. The van der Waals surface area contributed by atoms with E-state index in [0.29, 0.717) is 36.8 Å². The van der Waals surface area contributed by atoms with Gasteiger partial charge in [0.25, 0.3) is 5.91 Å². The quantitative estimate of drug-likeness (QED) is 0.915. The van der Waals surface area contributed by atoms with Crippen molar-refractivity contribution in [2.24, 2.45) is 0 Å². The summed E-state index contributed by atoms with van der Waals surface area (Å²) in [5.41, 5.74) is 1.43. The molecule has 1 N–H and O–H groups in total. The van der Waals surface area contributed by atoms with Crippen molar-refractivity contribution in [3.8, 4) is 0 Å². The number of benzene rings is 2. The first-order chi connectivity index (χ1) is 12.1. The second kappa shape index (κ2) is 8.03. The third-order valence-electron chi connectivity index (χ3n) is 4.24. The maximum Gasteiger partial charge on any atom is 0.253 e. The van der Waals surface area contributed by atoms with Crippen molar-refractivity contribution in [1.29, 1.82) is 0 Å². The second-order valence-corrected chi connectivity index (χ2v) is 6.28. The van der Waals surface area contributed by atoms with E-state index in [0.717, 1.165) is 5.69 Å². The van der Waals surface area contributed by atoms with Gasteiger partial charge in [-0.3, -0.25) is 9.59 Å². The van der Waals surface area contributed by atoms with Gasteiger partial charge in [-0.05, 0) is 24.3 Å². The monoisotopic (exact) mass is 357 g/mol. The van der Waals surface area contributed by atoms with E-state index >= 15 is 0 Å². The van der Waals surface area contributed by atoms with Crippen LogP contribution in [0.15, 0.2) is 54.6 Å². The zero-order valence-corrected chi connectivity index (χ0v) is 14.6. The highest BCUT2D eigenvalue weighted by Gasteiger charge is 2.24. The molecule has 25 heavy (non-hydrogen) atoms. The van der Waals surface area contributed by atoms with Gasteiger partial charge in [-0.25, -0.2) is 0 Å². The molecule has 1 fully saturated rings. The standard InChI is InChI=1S/C19H20ClN3O2/c20-16-8-4-5-9-17(16)21-14-18(24)22-10-12-23(13-11-22)19(25)15-6-2-1-3-7-15/h1-9,21H,10-14H2. The summed E-state index contributed by atoms with van der Waals surface area (Å²) in [6, 6.07) is 16.6. The van der Waals surface area contributed by atoms with E-state index in [1.165, 1.54) is 0 Å². The maximum absolute atomic E-state index is 12.4. The molecule has 2 aromatic carbocycles. The highest BCUT2D eigenvalue weighted by atomic mass is 35.5. The van der Waals surface area contributed by atoms with Gasteiger partial charge in [-0.2, -0.15) is 0 Å². The van der Waals surface area contributed by atoms with Gasteiger partial charge in [0.2, 0.25) is 5.91 Å². The van der Waals surface area contributed by atoms with Gasteiger partial charge in [-0.1, -0.05) is 41.9 Å². The molecule has 0 aliphatic carbocycles. The Morgan fingerprint density at radius 2 is 1.48 bits per heavy atom. The molecule has 0 spiro atoms. The molecule has 1 saturated heterocycles. The van der Waals surface area contributed by atoms with Crippen LogP contribution in [0, 0.1) is 0 Å². The van der Waals surface area contributed by atoms with E-state index in [9.17, 15) is 9.59 Å². The van der Waals surface area contributed by atoms with Crippen LogP contribution in [0.25, 0.3) is 0 Å². The van der Waals surface area contributed by atoms with E-state index in [-0.39, 0.29) is 18.4 Å². The molecule has 2 amide bonds. The Balaban J connectivity index is 1.49. The first-order valence-electron chi connectivity index (χ1n) is 8.25. The molecule has 0 aromatic heterocycles. The zero-order valence-electron chi connectivity index (χ0n) is 13.8. The molecule has 0 saturated carbocycles. The lowest BCUT2D eigenvalue weighted by Crippen LogP contribution is -2.51. The molecule has 1 aliphatic rings. The number of piperazine rings is 1. The van der Waals surface area contributed by atoms with E-state index in [1.807, 2.05) is 48.5 Å². The fourth-order valence-corrected chi connectivity index (χ4v) is 3.01. The van der Waals surface area contributed by atoms with Crippen LogP contribution in [-0.2, 0) is 4.79 Å². The zero-order chi connectivity index (χ0) is 17.6. The summed E-state index contributed by atoms with van der Waals surface area (Å²) in [6.45, 7) is 2.37. The molecule has 1 aliphatic heterocycles. The van der Waals surface area contributed by atoms with Crippen molar-refractivity contribution in [2.45, 2.75) is 0 Å². The van der Waals surface area contributed by atoms with Crippen LogP contribution in [-0.4, -0.2) is 54.3 Å². The molecule has 0 atom stereocenters. The highest BCUT2D eigenvalue weighted by molar-refractivity contribution is 6.33. The molecule has 0 radical (unpaired) electrons. The molecule has 0 unspecified atom stereocenters. The van der Waals surface area contributed by atoms with Gasteiger partial charge in [0.15, 0.2) is 0 Å².